The number of amides is 2. The topological polar surface area (TPSA) is 101 Å². The SMILES string of the molecule is C[C@H]1[C@H]([Si](C)(C)F)[C@@H](CCn2cc(C(CO)c3ccccc3)nn2)O[C@]12C(=O)N(Cc1cccc(N3CCCCC3=O)c1)c1ccccc12. The van der Waals surface area contributed by atoms with E-state index >= 15 is 4.11 Å². The third kappa shape index (κ3) is 6.02. The predicted octanol–water partition coefficient (Wildman–Crippen LogP) is 6.33. The minimum Gasteiger partial charge on any atom is -0.395 e. The fraction of sp³-hybridized carbons (Fsp3) is 0.421. The summed E-state index contributed by atoms with van der Waals surface area (Å²) in [6.45, 7) is 6.72. The molecule has 0 bridgehead atoms. The van der Waals surface area contributed by atoms with Gasteiger partial charge < -0.3 is 23.8 Å². The van der Waals surface area contributed by atoms with Crippen molar-refractivity contribution >= 4 is 31.6 Å². The monoisotopic (exact) mass is 681 g/mol. The van der Waals surface area contributed by atoms with E-state index in [9.17, 15) is 14.7 Å². The number of aliphatic hydroxyl groups excluding tert-OH is 1. The van der Waals surface area contributed by atoms with Crippen molar-refractivity contribution in [2.24, 2.45) is 5.92 Å². The van der Waals surface area contributed by atoms with Crippen LogP contribution in [0, 0.1) is 5.92 Å². The maximum atomic E-state index is 16.3. The molecule has 9 nitrogen and oxygen atoms in total. The molecule has 0 saturated carbocycles. The average molecular weight is 682 g/mol. The summed E-state index contributed by atoms with van der Waals surface area (Å²) in [7, 11) is -3.34. The van der Waals surface area contributed by atoms with Crippen LogP contribution in [0.15, 0.2) is 85.1 Å². The summed E-state index contributed by atoms with van der Waals surface area (Å²) in [6, 6.07) is 25.3. The standard InChI is InChI=1S/C38H44FN5O4Si/c1-26-36(49(2,3)39)34(19-21-42-24-32(40-41-42)30(25-45)28-13-5-4-6-14-28)48-38(26)31-16-7-8-17-33(31)44(37(38)47)23-27-12-11-15-29(22-27)43-20-10-9-18-35(43)46/h4-8,11-17,22,24,26,30,34,36,45H,9-10,18-21,23,25H2,1-3H3/t26-,30?,34+,36-,38+/m0/s1. The van der Waals surface area contributed by atoms with Crippen LogP contribution in [0.3, 0.4) is 0 Å². The number of benzene rings is 3. The molecular weight excluding hydrogens is 638 g/mol. The van der Waals surface area contributed by atoms with Crippen LogP contribution in [0.4, 0.5) is 15.5 Å². The summed E-state index contributed by atoms with van der Waals surface area (Å²) < 4.78 is 25.0. The molecule has 0 radical (unpaired) electrons. The van der Waals surface area contributed by atoms with Crippen LogP contribution >= 0.6 is 0 Å². The van der Waals surface area contributed by atoms with Gasteiger partial charge in [0.15, 0.2) is 5.60 Å². The molecule has 11 heteroatoms. The number of carbonyl (C=O) groups excluding carboxylic acids is 2. The van der Waals surface area contributed by atoms with Gasteiger partial charge in [0.1, 0.15) is 0 Å². The number of aryl methyl sites for hydroxylation is 1. The summed E-state index contributed by atoms with van der Waals surface area (Å²) >= 11 is 0. The number of hydrogen-bond acceptors (Lipinski definition) is 6. The highest BCUT2D eigenvalue weighted by molar-refractivity contribution is 6.72. The first-order chi connectivity index (χ1) is 23.6. The molecule has 4 heterocycles. The molecule has 256 valence electrons. The number of rotatable bonds is 10. The third-order valence-corrected chi connectivity index (χ3v) is 13.2. The zero-order valence-electron chi connectivity index (χ0n) is 28.3. The zero-order valence-corrected chi connectivity index (χ0v) is 29.3. The molecule has 5 atom stereocenters. The second kappa shape index (κ2) is 13.3. The number of carbonyl (C=O) groups is 2. The van der Waals surface area contributed by atoms with Crippen LogP contribution in [0.1, 0.15) is 60.9 Å². The van der Waals surface area contributed by atoms with Crippen LogP contribution in [0.5, 0.6) is 0 Å². The maximum absolute atomic E-state index is 16.3. The maximum Gasteiger partial charge on any atom is 0.264 e. The molecule has 2 amide bonds. The van der Waals surface area contributed by atoms with Crippen LogP contribution in [0.25, 0.3) is 0 Å². The zero-order chi connectivity index (χ0) is 34.3. The fourth-order valence-corrected chi connectivity index (χ4v) is 11.0. The molecule has 1 N–H and O–H groups in total. The van der Waals surface area contributed by atoms with Gasteiger partial charge in [-0.2, -0.15) is 0 Å². The molecule has 2 fully saturated rings. The van der Waals surface area contributed by atoms with Gasteiger partial charge in [0.05, 0.1) is 36.6 Å². The van der Waals surface area contributed by atoms with Crippen molar-refractivity contribution in [2.45, 2.75) is 82.0 Å². The lowest BCUT2D eigenvalue weighted by Gasteiger charge is -2.31. The molecule has 4 aromatic rings. The van der Waals surface area contributed by atoms with E-state index in [0.717, 1.165) is 40.9 Å². The van der Waals surface area contributed by atoms with E-state index in [2.05, 4.69) is 10.3 Å². The number of para-hydroxylation sites is 1. The van der Waals surface area contributed by atoms with E-state index in [-0.39, 0.29) is 24.3 Å². The van der Waals surface area contributed by atoms with Crippen molar-refractivity contribution in [1.82, 2.24) is 15.0 Å². The number of nitrogens with zero attached hydrogens (tertiary/aromatic N) is 5. The summed E-state index contributed by atoms with van der Waals surface area (Å²) in [4.78, 5) is 31.0. The number of halogens is 1. The second-order valence-corrected chi connectivity index (χ2v) is 18.0. The second-order valence-electron chi connectivity index (χ2n) is 14.2. The first kappa shape index (κ1) is 33.3. The van der Waals surface area contributed by atoms with Crippen LogP contribution in [-0.2, 0) is 33.0 Å². The Kier molecular flexibility index (Phi) is 9.01. The lowest BCUT2D eigenvalue weighted by molar-refractivity contribution is -0.146. The summed E-state index contributed by atoms with van der Waals surface area (Å²) in [6.07, 6.45) is 4.20. The van der Waals surface area contributed by atoms with Crippen molar-refractivity contribution in [2.75, 3.05) is 23.0 Å². The van der Waals surface area contributed by atoms with E-state index in [1.807, 2.05) is 96.9 Å². The first-order valence-corrected chi connectivity index (χ1v) is 20.3. The quantitative estimate of drug-likeness (QED) is 0.155. The Balaban J connectivity index is 1.15. The van der Waals surface area contributed by atoms with Gasteiger partial charge in [-0.3, -0.25) is 14.3 Å². The van der Waals surface area contributed by atoms with Gasteiger partial charge in [0.2, 0.25) is 14.3 Å². The fourth-order valence-electron chi connectivity index (χ4n) is 8.41. The molecule has 7 rings (SSSR count). The van der Waals surface area contributed by atoms with Gasteiger partial charge in [-0.15, -0.1) is 5.10 Å². The normalized spacial score (nSPS) is 24.6. The summed E-state index contributed by atoms with van der Waals surface area (Å²) in [5.74, 6) is -0.753. The number of fused-ring (bicyclic) bond motifs is 2. The largest absolute Gasteiger partial charge is 0.395 e. The Bertz CT molecular complexity index is 1830. The number of anilines is 2. The van der Waals surface area contributed by atoms with E-state index in [1.165, 1.54) is 0 Å². The number of hydrogen-bond donors (Lipinski definition) is 1. The minimum absolute atomic E-state index is 0.100. The highest BCUT2D eigenvalue weighted by Gasteiger charge is 2.66. The Morgan fingerprint density at radius 1 is 1.04 bits per heavy atom. The highest BCUT2D eigenvalue weighted by Crippen LogP contribution is 2.60. The van der Waals surface area contributed by atoms with Crippen LogP contribution < -0.4 is 9.80 Å². The Morgan fingerprint density at radius 2 is 1.82 bits per heavy atom. The highest BCUT2D eigenvalue weighted by atomic mass is 28.4. The van der Waals surface area contributed by atoms with Crippen LogP contribution in [0.2, 0.25) is 18.6 Å². The number of ether oxygens (including phenoxy) is 1. The predicted molar refractivity (Wildman–Crippen MR) is 188 cm³/mol. The molecule has 0 aliphatic carbocycles. The molecule has 1 aromatic heterocycles. The molecule has 1 spiro atoms. The van der Waals surface area contributed by atoms with Crippen molar-refractivity contribution in [3.05, 3.63) is 107 Å². The van der Waals surface area contributed by atoms with Crippen molar-refractivity contribution < 1.29 is 23.5 Å². The van der Waals surface area contributed by atoms with Gasteiger partial charge >= 0.3 is 0 Å². The minimum atomic E-state index is -3.34. The van der Waals surface area contributed by atoms with Gasteiger partial charge in [0, 0.05) is 48.4 Å². The molecule has 1 unspecified atom stereocenters. The Hall–Kier alpha value is -4.19. The molecule has 3 aliphatic rings. The Labute approximate surface area is 287 Å². The first-order valence-electron chi connectivity index (χ1n) is 17.3. The lowest BCUT2D eigenvalue weighted by Crippen LogP contribution is -2.45. The van der Waals surface area contributed by atoms with E-state index < -0.39 is 31.6 Å². The molecule has 3 aliphatic heterocycles. The van der Waals surface area contributed by atoms with E-state index in [0.29, 0.717) is 38.2 Å². The summed E-state index contributed by atoms with van der Waals surface area (Å²) in [5, 5.41) is 18.8. The third-order valence-electron chi connectivity index (χ3n) is 10.7. The van der Waals surface area contributed by atoms with E-state index in [1.54, 1.807) is 22.7 Å². The number of aliphatic hydroxyl groups is 1. The summed E-state index contributed by atoms with van der Waals surface area (Å²) in [5.41, 5.74) is 3.16. The van der Waals surface area contributed by atoms with Gasteiger partial charge in [-0.1, -0.05) is 72.8 Å². The Morgan fingerprint density at radius 3 is 2.57 bits per heavy atom. The molecule has 3 aromatic carbocycles. The average Bonchev–Trinajstić information content (AvgIpc) is 3.75. The van der Waals surface area contributed by atoms with Gasteiger partial charge in [-0.05, 0) is 61.7 Å². The van der Waals surface area contributed by atoms with Crippen molar-refractivity contribution in [3.8, 4) is 0 Å². The number of piperidine rings is 1. The smallest absolute Gasteiger partial charge is 0.264 e. The molecule has 49 heavy (non-hydrogen) atoms. The van der Waals surface area contributed by atoms with Crippen LogP contribution in [-0.4, -0.2) is 59.6 Å². The van der Waals surface area contributed by atoms with Gasteiger partial charge in [0.25, 0.3) is 5.91 Å². The number of aromatic nitrogens is 3. The van der Waals surface area contributed by atoms with Gasteiger partial charge in [-0.25, -0.2) is 0 Å². The van der Waals surface area contributed by atoms with Crippen molar-refractivity contribution in [1.29, 1.82) is 0 Å². The van der Waals surface area contributed by atoms with Crippen molar-refractivity contribution in [3.63, 3.8) is 0 Å². The molecular formula is C38H44FN5O4Si. The molecule has 2 saturated heterocycles. The lowest BCUT2D eigenvalue weighted by atomic mass is 9.82. The van der Waals surface area contributed by atoms with E-state index in [4.69, 9.17) is 4.74 Å².